The van der Waals surface area contributed by atoms with Gasteiger partial charge in [0, 0.05) is 38.6 Å². The molecule has 0 bridgehead atoms. The van der Waals surface area contributed by atoms with Crippen molar-refractivity contribution >= 4 is 11.9 Å². The maximum atomic E-state index is 13.0. The van der Waals surface area contributed by atoms with Crippen LogP contribution in [0.4, 0.5) is 5.95 Å². The number of hydrogen-bond donors (Lipinski definition) is 0. The number of para-hydroxylation sites is 1. The van der Waals surface area contributed by atoms with Crippen LogP contribution in [0.3, 0.4) is 0 Å². The van der Waals surface area contributed by atoms with Gasteiger partial charge < -0.3 is 19.0 Å². The molecule has 0 aliphatic carbocycles. The van der Waals surface area contributed by atoms with Crippen molar-refractivity contribution in [1.29, 1.82) is 0 Å². The van der Waals surface area contributed by atoms with Crippen molar-refractivity contribution < 1.29 is 13.9 Å². The minimum Gasteiger partial charge on any atom is -0.496 e. The Morgan fingerprint density at radius 3 is 2.52 bits per heavy atom. The molecule has 0 atom stereocenters. The predicted molar refractivity (Wildman–Crippen MR) is 98.6 cm³/mol. The van der Waals surface area contributed by atoms with Crippen LogP contribution in [0.2, 0.25) is 0 Å². The Hall–Kier alpha value is -3.42. The first-order valence-electron chi connectivity index (χ1n) is 8.66. The van der Waals surface area contributed by atoms with Crippen molar-refractivity contribution in [3.8, 4) is 17.1 Å². The molecule has 1 aliphatic rings. The fourth-order valence-electron chi connectivity index (χ4n) is 3.14. The van der Waals surface area contributed by atoms with Gasteiger partial charge in [-0.1, -0.05) is 12.1 Å². The van der Waals surface area contributed by atoms with Crippen LogP contribution in [-0.2, 0) is 0 Å². The van der Waals surface area contributed by atoms with Crippen LogP contribution in [-0.4, -0.2) is 59.0 Å². The van der Waals surface area contributed by atoms with Crippen LogP contribution in [0, 0.1) is 0 Å². The first-order valence-corrected chi connectivity index (χ1v) is 8.66. The zero-order valence-electron chi connectivity index (χ0n) is 14.9. The molecule has 1 amide bonds. The standard InChI is InChI=1S/C19H19N5O3/c1-26-15-6-3-2-5-14(15)17-16(22-13-27-17)18(25)23-9-11-24(12-10-23)19-20-7-4-8-21-19/h2-8,13H,9-12H2,1H3. The number of benzene rings is 1. The molecule has 3 heterocycles. The normalized spacial score (nSPS) is 14.3. The Morgan fingerprint density at radius 1 is 1.04 bits per heavy atom. The molecule has 3 aromatic rings. The van der Waals surface area contributed by atoms with Gasteiger partial charge in [-0.15, -0.1) is 0 Å². The van der Waals surface area contributed by atoms with Gasteiger partial charge in [0.2, 0.25) is 5.95 Å². The molecule has 1 fully saturated rings. The van der Waals surface area contributed by atoms with Crippen LogP contribution in [0.25, 0.3) is 11.3 Å². The largest absolute Gasteiger partial charge is 0.496 e. The molecule has 0 unspecified atom stereocenters. The minimum absolute atomic E-state index is 0.154. The summed E-state index contributed by atoms with van der Waals surface area (Å²) in [7, 11) is 1.58. The van der Waals surface area contributed by atoms with E-state index in [-0.39, 0.29) is 5.91 Å². The molecule has 2 aromatic heterocycles. The number of hydrogen-bond acceptors (Lipinski definition) is 7. The Kier molecular flexibility index (Phi) is 4.69. The maximum absolute atomic E-state index is 13.0. The first kappa shape index (κ1) is 17.0. The number of ether oxygens (including phenoxy) is 1. The summed E-state index contributed by atoms with van der Waals surface area (Å²) in [5, 5.41) is 0. The van der Waals surface area contributed by atoms with Gasteiger partial charge in [-0.25, -0.2) is 15.0 Å². The Bertz CT molecular complexity index is 920. The second-order valence-electron chi connectivity index (χ2n) is 6.06. The summed E-state index contributed by atoms with van der Waals surface area (Å²) in [5.41, 5.74) is 1.00. The van der Waals surface area contributed by atoms with Crippen molar-refractivity contribution in [2.24, 2.45) is 0 Å². The zero-order chi connectivity index (χ0) is 18.6. The average molecular weight is 365 g/mol. The Morgan fingerprint density at radius 2 is 1.78 bits per heavy atom. The molecular weight excluding hydrogens is 346 g/mol. The van der Waals surface area contributed by atoms with Gasteiger partial charge in [-0.2, -0.15) is 0 Å². The van der Waals surface area contributed by atoms with Crippen LogP contribution in [0.5, 0.6) is 5.75 Å². The van der Waals surface area contributed by atoms with E-state index in [4.69, 9.17) is 9.15 Å². The summed E-state index contributed by atoms with van der Waals surface area (Å²) in [5.74, 6) is 1.58. The zero-order valence-corrected chi connectivity index (χ0v) is 14.9. The molecule has 1 aliphatic heterocycles. The first-order chi connectivity index (χ1) is 13.3. The van der Waals surface area contributed by atoms with Crippen LogP contribution >= 0.6 is 0 Å². The number of amides is 1. The molecule has 138 valence electrons. The van der Waals surface area contributed by atoms with E-state index in [1.807, 2.05) is 24.3 Å². The van der Waals surface area contributed by atoms with E-state index < -0.39 is 0 Å². The van der Waals surface area contributed by atoms with E-state index >= 15 is 0 Å². The van der Waals surface area contributed by atoms with Gasteiger partial charge >= 0.3 is 0 Å². The van der Waals surface area contributed by atoms with Crippen molar-refractivity contribution in [2.45, 2.75) is 0 Å². The van der Waals surface area contributed by atoms with Crippen molar-refractivity contribution in [1.82, 2.24) is 19.9 Å². The molecule has 4 rings (SSSR count). The van der Waals surface area contributed by atoms with Gasteiger partial charge in [0.25, 0.3) is 5.91 Å². The van der Waals surface area contributed by atoms with Gasteiger partial charge in [0.1, 0.15) is 5.75 Å². The monoisotopic (exact) mass is 365 g/mol. The molecule has 0 saturated carbocycles. The van der Waals surface area contributed by atoms with Crippen LogP contribution < -0.4 is 9.64 Å². The third kappa shape index (κ3) is 3.33. The third-order valence-corrected chi connectivity index (χ3v) is 4.52. The second kappa shape index (κ2) is 7.45. The van der Waals surface area contributed by atoms with E-state index in [1.54, 1.807) is 30.5 Å². The van der Waals surface area contributed by atoms with E-state index in [0.29, 0.717) is 54.9 Å². The predicted octanol–water partition coefficient (Wildman–Crippen LogP) is 2.10. The molecule has 1 saturated heterocycles. The van der Waals surface area contributed by atoms with Crippen molar-refractivity contribution in [3.05, 3.63) is 54.8 Å². The highest BCUT2D eigenvalue weighted by molar-refractivity contribution is 5.98. The lowest BCUT2D eigenvalue weighted by molar-refractivity contribution is 0.0741. The summed E-state index contributed by atoms with van der Waals surface area (Å²) in [6, 6.07) is 9.19. The van der Waals surface area contributed by atoms with Crippen LogP contribution in [0.15, 0.2) is 53.5 Å². The lowest BCUT2D eigenvalue weighted by atomic mass is 10.1. The quantitative estimate of drug-likeness (QED) is 0.700. The Labute approximate surface area is 156 Å². The van der Waals surface area contributed by atoms with Crippen LogP contribution in [0.1, 0.15) is 10.5 Å². The highest BCUT2D eigenvalue weighted by atomic mass is 16.5. The molecule has 1 aromatic carbocycles. The van der Waals surface area contributed by atoms with Gasteiger partial charge in [0.15, 0.2) is 17.8 Å². The number of carbonyl (C=O) groups excluding carboxylic acids is 1. The maximum Gasteiger partial charge on any atom is 0.276 e. The van der Waals surface area contributed by atoms with E-state index in [0.717, 1.165) is 0 Å². The van der Waals surface area contributed by atoms with Gasteiger partial charge in [-0.3, -0.25) is 4.79 Å². The fourth-order valence-corrected chi connectivity index (χ4v) is 3.14. The highest BCUT2D eigenvalue weighted by Gasteiger charge is 2.28. The summed E-state index contributed by atoms with van der Waals surface area (Å²) in [6.45, 7) is 2.46. The lowest BCUT2D eigenvalue weighted by Crippen LogP contribution is -2.49. The number of oxazole rings is 1. The Balaban J connectivity index is 1.51. The summed E-state index contributed by atoms with van der Waals surface area (Å²) < 4.78 is 10.9. The number of piperazine rings is 1. The number of rotatable bonds is 4. The highest BCUT2D eigenvalue weighted by Crippen LogP contribution is 2.32. The smallest absolute Gasteiger partial charge is 0.276 e. The molecule has 0 radical (unpaired) electrons. The SMILES string of the molecule is COc1ccccc1-c1ocnc1C(=O)N1CCN(c2ncccn2)CC1. The number of anilines is 1. The average Bonchev–Trinajstić information content (AvgIpc) is 3.23. The summed E-state index contributed by atoms with van der Waals surface area (Å²) in [6.07, 6.45) is 4.73. The fraction of sp³-hybridized carbons (Fsp3) is 0.263. The van der Waals surface area contributed by atoms with E-state index in [1.165, 1.54) is 6.39 Å². The number of aromatic nitrogens is 3. The third-order valence-electron chi connectivity index (χ3n) is 4.52. The number of methoxy groups -OCH3 is 1. The van der Waals surface area contributed by atoms with E-state index in [9.17, 15) is 4.79 Å². The molecule has 0 N–H and O–H groups in total. The topological polar surface area (TPSA) is 84.6 Å². The number of carbonyl (C=O) groups is 1. The minimum atomic E-state index is -0.154. The molecule has 8 heteroatoms. The van der Waals surface area contributed by atoms with Gasteiger partial charge in [0.05, 0.1) is 12.7 Å². The summed E-state index contributed by atoms with van der Waals surface area (Å²) >= 11 is 0. The number of nitrogens with zero attached hydrogens (tertiary/aromatic N) is 5. The van der Waals surface area contributed by atoms with Crippen molar-refractivity contribution in [2.75, 3.05) is 38.2 Å². The molecular formula is C19H19N5O3. The summed E-state index contributed by atoms with van der Waals surface area (Å²) in [4.78, 5) is 29.5. The van der Waals surface area contributed by atoms with Crippen molar-refractivity contribution in [3.63, 3.8) is 0 Å². The lowest BCUT2D eigenvalue weighted by Gasteiger charge is -2.34. The molecule has 0 spiro atoms. The van der Waals surface area contributed by atoms with Gasteiger partial charge in [-0.05, 0) is 18.2 Å². The second-order valence-corrected chi connectivity index (χ2v) is 6.06. The molecule has 8 nitrogen and oxygen atoms in total. The molecule has 27 heavy (non-hydrogen) atoms. The van der Waals surface area contributed by atoms with E-state index in [2.05, 4.69) is 19.9 Å².